The third-order valence-corrected chi connectivity index (χ3v) is 3.51. The molecule has 1 aromatic carbocycles. The van der Waals surface area contributed by atoms with Gasteiger partial charge in [-0.15, -0.1) is 0 Å². The van der Waals surface area contributed by atoms with Crippen molar-refractivity contribution in [3.05, 3.63) is 34.2 Å². The number of fused-ring (bicyclic) bond motifs is 1. The Morgan fingerprint density at radius 1 is 1.33 bits per heavy atom. The fourth-order valence-electron chi connectivity index (χ4n) is 2.40. The van der Waals surface area contributed by atoms with Gasteiger partial charge in [0, 0.05) is 18.6 Å². The first-order valence-electron chi connectivity index (χ1n) is 6.22. The molecular formula is C13H18N4O. The van der Waals surface area contributed by atoms with Gasteiger partial charge < -0.3 is 20.6 Å². The van der Waals surface area contributed by atoms with E-state index in [1.807, 2.05) is 18.2 Å². The number of imidazole rings is 1. The van der Waals surface area contributed by atoms with Gasteiger partial charge in [0.05, 0.1) is 11.0 Å². The van der Waals surface area contributed by atoms with Crippen LogP contribution in [0.1, 0.15) is 18.4 Å². The Hall–Kier alpha value is -1.59. The Balaban J connectivity index is 1.75. The van der Waals surface area contributed by atoms with Crippen LogP contribution in [0, 0.1) is 0 Å². The lowest BCUT2D eigenvalue weighted by Gasteiger charge is -2.20. The second kappa shape index (κ2) is 3.96. The molecule has 96 valence electrons. The van der Waals surface area contributed by atoms with Gasteiger partial charge >= 0.3 is 5.69 Å². The molecule has 4 N–H and O–H groups in total. The van der Waals surface area contributed by atoms with Crippen LogP contribution in [0.3, 0.4) is 0 Å². The summed E-state index contributed by atoms with van der Waals surface area (Å²) >= 11 is 0. The highest BCUT2D eigenvalue weighted by Gasteiger charge is 2.38. The minimum absolute atomic E-state index is 0.0429. The van der Waals surface area contributed by atoms with Crippen LogP contribution in [-0.2, 0) is 6.54 Å². The first kappa shape index (κ1) is 11.5. The molecule has 1 aliphatic rings. The van der Waals surface area contributed by atoms with E-state index in [-0.39, 0.29) is 11.2 Å². The van der Waals surface area contributed by atoms with Gasteiger partial charge in [0.1, 0.15) is 0 Å². The zero-order valence-electron chi connectivity index (χ0n) is 10.5. The molecule has 5 nitrogen and oxygen atoms in total. The van der Waals surface area contributed by atoms with E-state index in [0.29, 0.717) is 0 Å². The summed E-state index contributed by atoms with van der Waals surface area (Å²) in [4.78, 5) is 18.9. The monoisotopic (exact) mass is 246 g/mol. The molecule has 2 aromatic rings. The van der Waals surface area contributed by atoms with Crippen LogP contribution in [0.15, 0.2) is 23.0 Å². The molecule has 0 spiro atoms. The van der Waals surface area contributed by atoms with Crippen LogP contribution in [0.2, 0.25) is 0 Å². The SMILES string of the molecule is CN(Cc1ccc2[nH]c(=O)[nH]c2c1)CC1(N)CC1. The van der Waals surface area contributed by atoms with Gasteiger partial charge in [-0.05, 0) is 37.6 Å². The van der Waals surface area contributed by atoms with E-state index in [1.165, 1.54) is 5.56 Å². The molecule has 5 heteroatoms. The molecule has 0 amide bonds. The maximum absolute atomic E-state index is 11.2. The van der Waals surface area contributed by atoms with Gasteiger partial charge in [-0.1, -0.05) is 6.07 Å². The van der Waals surface area contributed by atoms with E-state index in [2.05, 4.69) is 21.9 Å². The fourth-order valence-corrected chi connectivity index (χ4v) is 2.40. The number of nitrogens with one attached hydrogen (secondary N) is 2. The predicted octanol–water partition coefficient (Wildman–Crippen LogP) is 0.779. The molecule has 1 aliphatic carbocycles. The van der Waals surface area contributed by atoms with E-state index >= 15 is 0 Å². The standard InChI is InChI=1S/C13H18N4O/c1-17(8-13(14)4-5-13)7-9-2-3-10-11(6-9)16-12(18)15-10/h2-3,6H,4-5,7-8,14H2,1H3,(H2,15,16,18). The molecule has 1 fully saturated rings. The van der Waals surface area contributed by atoms with Gasteiger partial charge in [-0.25, -0.2) is 4.79 Å². The highest BCUT2D eigenvalue weighted by Crippen LogP contribution is 2.32. The lowest BCUT2D eigenvalue weighted by molar-refractivity contribution is 0.296. The summed E-state index contributed by atoms with van der Waals surface area (Å²) in [6.07, 6.45) is 2.25. The van der Waals surface area contributed by atoms with Gasteiger partial charge in [0.15, 0.2) is 0 Å². The van der Waals surface area contributed by atoms with Crippen molar-refractivity contribution in [3.63, 3.8) is 0 Å². The van der Waals surface area contributed by atoms with E-state index in [0.717, 1.165) is 37.0 Å². The van der Waals surface area contributed by atoms with Crippen molar-refractivity contribution >= 4 is 11.0 Å². The van der Waals surface area contributed by atoms with Crippen LogP contribution in [-0.4, -0.2) is 34.0 Å². The van der Waals surface area contributed by atoms with Crippen LogP contribution in [0.25, 0.3) is 11.0 Å². The second-order valence-corrected chi connectivity index (χ2v) is 5.49. The summed E-state index contributed by atoms with van der Waals surface area (Å²) in [6.45, 7) is 1.77. The Bertz CT molecular complexity index is 623. The molecule has 0 atom stereocenters. The molecule has 0 saturated heterocycles. The molecule has 0 bridgehead atoms. The minimum Gasteiger partial charge on any atom is -0.324 e. The number of nitrogens with zero attached hydrogens (tertiary/aromatic N) is 1. The van der Waals surface area contributed by atoms with Gasteiger partial charge in [-0.3, -0.25) is 0 Å². The second-order valence-electron chi connectivity index (χ2n) is 5.49. The molecule has 0 radical (unpaired) electrons. The fraction of sp³-hybridized carbons (Fsp3) is 0.462. The number of hydrogen-bond acceptors (Lipinski definition) is 3. The number of benzene rings is 1. The number of hydrogen-bond donors (Lipinski definition) is 3. The molecule has 1 saturated carbocycles. The molecule has 0 unspecified atom stereocenters. The summed E-state index contributed by atoms with van der Waals surface area (Å²) in [5.41, 5.74) is 8.88. The zero-order chi connectivity index (χ0) is 12.8. The van der Waals surface area contributed by atoms with Crippen LogP contribution in [0.4, 0.5) is 0 Å². The zero-order valence-corrected chi connectivity index (χ0v) is 10.5. The van der Waals surface area contributed by atoms with Crippen molar-refractivity contribution in [3.8, 4) is 0 Å². The topological polar surface area (TPSA) is 77.9 Å². The van der Waals surface area contributed by atoms with Gasteiger partial charge in [0.2, 0.25) is 0 Å². The average molecular weight is 246 g/mol. The van der Waals surface area contributed by atoms with Crippen LogP contribution >= 0.6 is 0 Å². The maximum atomic E-state index is 11.2. The molecular weight excluding hydrogens is 228 g/mol. The van der Waals surface area contributed by atoms with Crippen LogP contribution < -0.4 is 11.4 Å². The van der Waals surface area contributed by atoms with E-state index < -0.39 is 0 Å². The number of aromatic nitrogens is 2. The lowest BCUT2D eigenvalue weighted by Crippen LogP contribution is -2.36. The number of nitrogens with two attached hydrogens (primary N) is 1. The largest absolute Gasteiger partial charge is 0.324 e. The van der Waals surface area contributed by atoms with Crippen molar-refractivity contribution in [2.75, 3.05) is 13.6 Å². The van der Waals surface area contributed by atoms with E-state index in [1.54, 1.807) is 0 Å². The molecule has 0 aliphatic heterocycles. The Morgan fingerprint density at radius 3 is 2.78 bits per heavy atom. The van der Waals surface area contributed by atoms with Gasteiger partial charge in [-0.2, -0.15) is 0 Å². The van der Waals surface area contributed by atoms with Crippen LogP contribution in [0.5, 0.6) is 0 Å². The lowest BCUT2D eigenvalue weighted by atomic mass is 10.2. The predicted molar refractivity (Wildman–Crippen MR) is 71.4 cm³/mol. The van der Waals surface area contributed by atoms with Crippen molar-refractivity contribution < 1.29 is 0 Å². The van der Waals surface area contributed by atoms with Gasteiger partial charge in [0.25, 0.3) is 0 Å². The summed E-state index contributed by atoms with van der Waals surface area (Å²) in [5.74, 6) is 0. The number of H-pyrrole nitrogens is 2. The third kappa shape index (κ3) is 2.32. The summed E-state index contributed by atoms with van der Waals surface area (Å²) in [5, 5.41) is 0. The maximum Gasteiger partial charge on any atom is 0.323 e. The number of aromatic amines is 2. The third-order valence-electron chi connectivity index (χ3n) is 3.51. The quantitative estimate of drug-likeness (QED) is 0.746. The Labute approximate surface area is 105 Å². The normalized spacial score (nSPS) is 17.5. The molecule has 1 aromatic heterocycles. The van der Waals surface area contributed by atoms with Crippen molar-refractivity contribution in [2.45, 2.75) is 24.9 Å². The highest BCUT2D eigenvalue weighted by atomic mass is 16.1. The first-order chi connectivity index (χ1) is 8.54. The summed E-state index contributed by atoms with van der Waals surface area (Å²) in [6, 6.07) is 5.99. The summed E-state index contributed by atoms with van der Waals surface area (Å²) < 4.78 is 0. The smallest absolute Gasteiger partial charge is 0.323 e. The molecule has 18 heavy (non-hydrogen) atoms. The average Bonchev–Trinajstić information content (AvgIpc) is 2.88. The van der Waals surface area contributed by atoms with E-state index in [9.17, 15) is 4.79 Å². The van der Waals surface area contributed by atoms with Crippen molar-refractivity contribution in [2.24, 2.45) is 5.73 Å². The first-order valence-corrected chi connectivity index (χ1v) is 6.22. The molecule has 3 rings (SSSR count). The Morgan fingerprint density at radius 2 is 2.06 bits per heavy atom. The highest BCUT2D eigenvalue weighted by molar-refractivity contribution is 5.74. The van der Waals surface area contributed by atoms with E-state index in [4.69, 9.17) is 5.73 Å². The summed E-state index contributed by atoms with van der Waals surface area (Å²) in [7, 11) is 2.08. The minimum atomic E-state index is -0.158. The van der Waals surface area contributed by atoms with Crippen molar-refractivity contribution in [1.82, 2.24) is 14.9 Å². The van der Waals surface area contributed by atoms with Crippen molar-refractivity contribution in [1.29, 1.82) is 0 Å². The molecule has 1 heterocycles. The Kier molecular flexibility index (Phi) is 2.53. The number of likely N-dealkylation sites (N-methyl/N-ethyl adjacent to an activating group) is 1. The number of rotatable bonds is 4.